The van der Waals surface area contributed by atoms with Gasteiger partial charge in [-0.15, -0.1) is 11.8 Å². The van der Waals surface area contributed by atoms with Gasteiger partial charge >= 0.3 is 12.0 Å². The summed E-state index contributed by atoms with van der Waals surface area (Å²) in [6.45, 7) is 0. The van der Waals surface area contributed by atoms with Crippen molar-refractivity contribution >= 4 is 51.7 Å². The number of hydrogen-bond acceptors (Lipinski definition) is 7. The van der Waals surface area contributed by atoms with E-state index in [0.29, 0.717) is 22.2 Å². The number of Topliss-reactive ketones (excluding diaryl/α,β-unsaturated/α-hetero) is 1. The molecule has 3 N–H and O–H groups in total. The van der Waals surface area contributed by atoms with E-state index in [1.54, 1.807) is 12.1 Å². The molecule has 8 nitrogen and oxygen atoms in total. The molecule has 1 aliphatic carbocycles. The second-order valence-corrected chi connectivity index (χ2v) is 8.46. The van der Waals surface area contributed by atoms with Crippen molar-refractivity contribution in [2.24, 2.45) is 5.92 Å². The molecule has 1 fully saturated rings. The van der Waals surface area contributed by atoms with E-state index < -0.39 is 12.0 Å². The molecule has 2 heterocycles. The number of ketones is 1. The molecule has 0 aromatic carbocycles. The van der Waals surface area contributed by atoms with Crippen molar-refractivity contribution in [1.82, 2.24) is 9.97 Å². The largest absolute Gasteiger partial charge is 0.481 e. The van der Waals surface area contributed by atoms with Crippen LogP contribution in [0.2, 0.25) is 0 Å². The van der Waals surface area contributed by atoms with Crippen molar-refractivity contribution in [3.05, 3.63) is 29.7 Å². The first kappa shape index (κ1) is 20.3. The van der Waals surface area contributed by atoms with Gasteiger partial charge in [0.05, 0.1) is 16.3 Å². The van der Waals surface area contributed by atoms with Crippen LogP contribution in [0, 0.1) is 5.92 Å². The number of carbonyl (C=O) groups excluding carboxylic acids is 2. The van der Waals surface area contributed by atoms with E-state index >= 15 is 0 Å². The number of aliphatic carboxylic acids is 1. The molecular formula is C18H20N4O4S2. The first-order valence-electron chi connectivity index (χ1n) is 8.80. The van der Waals surface area contributed by atoms with Gasteiger partial charge in [0.25, 0.3) is 0 Å². The highest BCUT2D eigenvalue weighted by atomic mass is 32.2. The zero-order valence-electron chi connectivity index (χ0n) is 15.2. The molecule has 0 spiro atoms. The number of urea groups is 1. The summed E-state index contributed by atoms with van der Waals surface area (Å²) >= 11 is 2.60. The van der Waals surface area contributed by atoms with Gasteiger partial charge in [-0.3, -0.25) is 19.9 Å². The topological polar surface area (TPSA) is 121 Å². The van der Waals surface area contributed by atoms with E-state index in [1.807, 2.05) is 6.26 Å². The van der Waals surface area contributed by atoms with E-state index in [1.165, 1.54) is 29.3 Å². The summed E-state index contributed by atoms with van der Waals surface area (Å²) in [4.78, 5) is 44.0. The van der Waals surface area contributed by atoms with Crippen molar-refractivity contribution in [2.75, 3.05) is 16.9 Å². The molecule has 0 bridgehead atoms. The van der Waals surface area contributed by atoms with Crippen molar-refractivity contribution in [3.8, 4) is 0 Å². The quantitative estimate of drug-likeness (QED) is 0.459. The molecule has 1 aliphatic rings. The number of nitrogens with zero attached hydrogens (tertiary/aromatic N) is 2. The zero-order valence-corrected chi connectivity index (χ0v) is 16.9. The van der Waals surface area contributed by atoms with E-state index in [2.05, 4.69) is 20.6 Å². The molecular weight excluding hydrogens is 400 g/mol. The number of hydrogen-bond donors (Lipinski definition) is 3. The number of thioether (sulfide) groups is 1. The molecule has 2 aromatic heterocycles. The molecule has 2 aromatic rings. The third-order valence-electron chi connectivity index (χ3n) is 4.38. The second kappa shape index (κ2) is 9.16. The normalized spacial score (nSPS) is 14.0. The minimum Gasteiger partial charge on any atom is -0.481 e. The van der Waals surface area contributed by atoms with Gasteiger partial charge in [0, 0.05) is 17.8 Å². The number of rotatable bonds is 7. The van der Waals surface area contributed by atoms with E-state index in [-0.39, 0.29) is 18.1 Å². The Labute approximate surface area is 170 Å². The summed E-state index contributed by atoms with van der Waals surface area (Å²) < 4.78 is 0.742. The van der Waals surface area contributed by atoms with Crippen molar-refractivity contribution in [3.63, 3.8) is 0 Å². The Balaban J connectivity index is 1.65. The summed E-state index contributed by atoms with van der Waals surface area (Å²) in [7, 11) is 0. The van der Waals surface area contributed by atoms with Gasteiger partial charge < -0.3 is 10.4 Å². The summed E-state index contributed by atoms with van der Waals surface area (Å²) in [5.41, 5.74) is 1.24. The number of aromatic nitrogens is 2. The molecule has 2 amide bonds. The molecule has 148 valence electrons. The first-order chi connectivity index (χ1) is 13.5. The van der Waals surface area contributed by atoms with Crippen LogP contribution >= 0.6 is 23.1 Å². The maximum Gasteiger partial charge on any atom is 0.325 e. The lowest BCUT2D eigenvalue weighted by molar-refractivity contribution is -0.136. The van der Waals surface area contributed by atoms with Gasteiger partial charge in [-0.25, -0.2) is 9.78 Å². The Morgan fingerprint density at radius 3 is 2.71 bits per heavy atom. The number of amides is 2. The number of nitrogens with one attached hydrogen (secondary N) is 2. The van der Waals surface area contributed by atoms with E-state index in [9.17, 15) is 14.4 Å². The molecule has 28 heavy (non-hydrogen) atoms. The molecule has 3 rings (SSSR count). The van der Waals surface area contributed by atoms with Gasteiger partial charge in [-0.1, -0.05) is 24.2 Å². The van der Waals surface area contributed by atoms with Gasteiger partial charge in [0.2, 0.25) is 0 Å². The van der Waals surface area contributed by atoms with Crippen LogP contribution in [0.25, 0.3) is 0 Å². The highest BCUT2D eigenvalue weighted by Crippen LogP contribution is 2.31. The minimum absolute atomic E-state index is 0.0180. The van der Waals surface area contributed by atoms with E-state index in [0.717, 1.165) is 29.9 Å². The zero-order chi connectivity index (χ0) is 20.1. The maximum atomic E-state index is 12.5. The number of carboxylic acids is 1. The van der Waals surface area contributed by atoms with Crippen LogP contribution in [-0.4, -0.2) is 39.1 Å². The Kier molecular flexibility index (Phi) is 6.63. The lowest BCUT2D eigenvalue weighted by Gasteiger charge is -2.09. The average molecular weight is 421 g/mol. The van der Waals surface area contributed by atoms with Crippen molar-refractivity contribution in [2.45, 2.75) is 36.3 Å². The van der Waals surface area contributed by atoms with Gasteiger partial charge in [0.15, 0.2) is 10.9 Å². The van der Waals surface area contributed by atoms with E-state index in [4.69, 9.17) is 5.11 Å². The SMILES string of the molecule is CSc1sc(NC(=O)Nc2ccnc(C(=O)C3CCCC3)c2)nc1CC(=O)O. The van der Waals surface area contributed by atoms with Crippen LogP contribution in [0.3, 0.4) is 0 Å². The predicted octanol–water partition coefficient (Wildman–Crippen LogP) is 3.90. The Morgan fingerprint density at radius 2 is 2.04 bits per heavy atom. The van der Waals surface area contributed by atoms with Crippen LogP contribution < -0.4 is 10.6 Å². The molecule has 0 unspecified atom stereocenters. The molecule has 0 saturated heterocycles. The maximum absolute atomic E-state index is 12.5. The highest BCUT2D eigenvalue weighted by molar-refractivity contribution is 8.00. The Bertz CT molecular complexity index is 893. The van der Waals surface area contributed by atoms with Crippen LogP contribution in [0.15, 0.2) is 22.5 Å². The van der Waals surface area contributed by atoms with Crippen molar-refractivity contribution in [1.29, 1.82) is 0 Å². The molecule has 0 atom stereocenters. The van der Waals surface area contributed by atoms with Gasteiger partial charge in [-0.2, -0.15) is 0 Å². The number of carboxylic acid groups (broad SMARTS) is 1. The fourth-order valence-electron chi connectivity index (χ4n) is 3.11. The fourth-order valence-corrected chi connectivity index (χ4v) is 4.74. The lowest BCUT2D eigenvalue weighted by Crippen LogP contribution is -2.20. The van der Waals surface area contributed by atoms with Gasteiger partial charge in [-0.05, 0) is 31.2 Å². The van der Waals surface area contributed by atoms with Crippen LogP contribution in [-0.2, 0) is 11.2 Å². The van der Waals surface area contributed by atoms with Crippen LogP contribution in [0.1, 0.15) is 41.9 Å². The van der Waals surface area contributed by atoms with Gasteiger partial charge in [0.1, 0.15) is 5.69 Å². The first-order valence-corrected chi connectivity index (χ1v) is 10.8. The molecule has 10 heteroatoms. The fraction of sp³-hybridized carbons (Fsp3) is 0.389. The molecule has 0 radical (unpaired) electrons. The van der Waals surface area contributed by atoms with Crippen LogP contribution in [0.5, 0.6) is 0 Å². The lowest BCUT2D eigenvalue weighted by atomic mass is 9.99. The standard InChI is InChI=1S/C18H20N4O4S2/c1-27-16-13(9-14(23)24)21-18(28-16)22-17(26)20-11-6-7-19-12(8-11)15(25)10-4-2-3-5-10/h6-8,10H,2-5,9H2,1H3,(H,23,24)(H2,19,20,21,22,26). The minimum atomic E-state index is -0.979. The smallest absolute Gasteiger partial charge is 0.325 e. The molecule has 0 aliphatic heterocycles. The second-order valence-electron chi connectivity index (χ2n) is 6.38. The Hall–Kier alpha value is -2.46. The molecule has 1 saturated carbocycles. The van der Waals surface area contributed by atoms with Crippen molar-refractivity contribution < 1.29 is 19.5 Å². The number of thiazole rings is 1. The summed E-state index contributed by atoms with van der Waals surface area (Å²) in [5.74, 6) is -0.943. The number of pyridine rings is 1. The summed E-state index contributed by atoms with van der Waals surface area (Å²) in [6, 6.07) is 2.66. The number of carbonyl (C=O) groups is 3. The van der Waals surface area contributed by atoms with Crippen LogP contribution in [0.4, 0.5) is 15.6 Å². The Morgan fingerprint density at radius 1 is 1.29 bits per heavy atom. The summed E-state index contributed by atoms with van der Waals surface area (Å²) in [6.07, 6.45) is 7.02. The monoisotopic (exact) mass is 420 g/mol. The highest BCUT2D eigenvalue weighted by Gasteiger charge is 2.25. The predicted molar refractivity (Wildman–Crippen MR) is 108 cm³/mol. The average Bonchev–Trinajstić information content (AvgIpc) is 3.30. The number of anilines is 2. The third-order valence-corrected chi connectivity index (χ3v) is 6.55. The summed E-state index contributed by atoms with van der Waals surface area (Å²) in [5, 5.41) is 14.5. The third kappa shape index (κ3) is 5.08.